The minimum Gasteiger partial charge on any atom is -0.271 e. The summed E-state index contributed by atoms with van der Waals surface area (Å²) in [7, 11) is 0. The predicted molar refractivity (Wildman–Crippen MR) is 81.9 cm³/mol. The van der Waals surface area contributed by atoms with E-state index >= 15 is 0 Å². The van der Waals surface area contributed by atoms with E-state index in [0.29, 0.717) is 6.42 Å². The van der Waals surface area contributed by atoms with Gasteiger partial charge in [0.2, 0.25) is 0 Å². The zero-order valence-electron chi connectivity index (χ0n) is 11.5. The van der Waals surface area contributed by atoms with Crippen LogP contribution in [0.5, 0.6) is 0 Å². The van der Waals surface area contributed by atoms with Gasteiger partial charge in [-0.2, -0.15) is 0 Å². The van der Waals surface area contributed by atoms with Crippen LogP contribution in [0.2, 0.25) is 0 Å². The fraction of sp³-hybridized carbons (Fsp3) is 0.118. The van der Waals surface area contributed by atoms with Crippen molar-refractivity contribution >= 4 is 10.9 Å². The number of para-hydroxylation sites is 1. The van der Waals surface area contributed by atoms with Crippen LogP contribution in [-0.4, -0.2) is 4.98 Å². The van der Waals surface area contributed by atoms with Gasteiger partial charge in [-0.1, -0.05) is 36.4 Å². The highest BCUT2D eigenvalue weighted by Crippen LogP contribution is 2.20. The van der Waals surface area contributed by atoms with Crippen LogP contribution in [0.3, 0.4) is 0 Å². The second-order valence-electron chi connectivity index (χ2n) is 4.98. The molecule has 0 aliphatic rings. The highest BCUT2D eigenvalue weighted by atomic mass is 19.1. The summed E-state index contributed by atoms with van der Waals surface area (Å²) in [5.41, 5.74) is 5.42. The Kier molecular flexibility index (Phi) is 3.90. The maximum atomic E-state index is 13.3. The number of hydrogen-bond donors (Lipinski definition) is 2. The topological polar surface area (TPSA) is 50.9 Å². The zero-order valence-corrected chi connectivity index (χ0v) is 11.5. The van der Waals surface area contributed by atoms with Gasteiger partial charge in [0.1, 0.15) is 5.82 Å². The third-order valence-corrected chi connectivity index (χ3v) is 3.51. The third-order valence-electron chi connectivity index (χ3n) is 3.51. The molecule has 3 aromatic rings. The molecular formula is C17H16FN3. The number of fused-ring (bicyclic) bond motifs is 1. The first kappa shape index (κ1) is 13.7. The lowest BCUT2D eigenvalue weighted by Crippen LogP contribution is -2.30. The smallest absolute Gasteiger partial charge is 0.123 e. The largest absolute Gasteiger partial charge is 0.271 e. The molecule has 0 fully saturated rings. The number of hydrogen-bond acceptors (Lipinski definition) is 3. The summed E-state index contributed by atoms with van der Waals surface area (Å²) < 4.78 is 13.3. The Balaban J connectivity index is 1.90. The molecule has 0 saturated carbocycles. The van der Waals surface area contributed by atoms with Crippen molar-refractivity contribution < 1.29 is 4.39 Å². The van der Waals surface area contributed by atoms with Gasteiger partial charge >= 0.3 is 0 Å². The second kappa shape index (κ2) is 5.99. The molecule has 21 heavy (non-hydrogen) atoms. The van der Waals surface area contributed by atoms with Gasteiger partial charge in [0, 0.05) is 5.39 Å². The van der Waals surface area contributed by atoms with E-state index in [1.165, 1.54) is 12.1 Å². The molecule has 0 radical (unpaired) electrons. The Morgan fingerprint density at radius 1 is 1.05 bits per heavy atom. The lowest BCUT2D eigenvalue weighted by atomic mass is 10.0. The number of rotatable bonds is 4. The van der Waals surface area contributed by atoms with Gasteiger partial charge in [-0.15, -0.1) is 0 Å². The Labute approximate surface area is 122 Å². The maximum Gasteiger partial charge on any atom is 0.123 e. The van der Waals surface area contributed by atoms with Gasteiger partial charge in [-0.3, -0.25) is 16.3 Å². The average Bonchev–Trinajstić information content (AvgIpc) is 2.52. The van der Waals surface area contributed by atoms with Gasteiger partial charge in [0.05, 0.1) is 17.3 Å². The summed E-state index contributed by atoms with van der Waals surface area (Å²) >= 11 is 0. The van der Waals surface area contributed by atoms with Gasteiger partial charge in [0.25, 0.3) is 0 Å². The Morgan fingerprint density at radius 2 is 1.90 bits per heavy atom. The quantitative estimate of drug-likeness (QED) is 0.570. The lowest BCUT2D eigenvalue weighted by molar-refractivity contribution is 0.537. The highest BCUT2D eigenvalue weighted by Gasteiger charge is 2.13. The van der Waals surface area contributed by atoms with Crippen molar-refractivity contribution in [3.63, 3.8) is 0 Å². The molecule has 1 atom stereocenters. The molecule has 0 aliphatic carbocycles. The molecule has 2 aromatic carbocycles. The molecular weight excluding hydrogens is 265 g/mol. The summed E-state index contributed by atoms with van der Waals surface area (Å²) in [6.07, 6.45) is 0.583. The number of nitrogens with two attached hydrogens (primary N) is 1. The number of benzene rings is 2. The molecule has 4 heteroatoms. The summed E-state index contributed by atoms with van der Waals surface area (Å²) in [5.74, 6) is 5.41. The van der Waals surface area contributed by atoms with E-state index in [1.54, 1.807) is 6.07 Å². The molecule has 0 saturated heterocycles. The molecule has 0 spiro atoms. The molecule has 3 nitrogen and oxygen atoms in total. The van der Waals surface area contributed by atoms with Crippen molar-refractivity contribution in [3.05, 3.63) is 77.7 Å². The molecule has 1 unspecified atom stereocenters. The molecule has 0 amide bonds. The van der Waals surface area contributed by atoms with Gasteiger partial charge in [-0.25, -0.2) is 4.39 Å². The molecule has 1 heterocycles. The van der Waals surface area contributed by atoms with Crippen LogP contribution in [0, 0.1) is 5.82 Å². The molecule has 1 aromatic heterocycles. The highest BCUT2D eigenvalue weighted by molar-refractivity contribution is 5.78. The number of hydrazine groups is 1. The van der Waals surface area contributed by atoms with E-state index in [-0.39, 0.29) is 11.9 Å². The van der Waals surface area contributed by atoms with E-state index in [2.05, 4.69) is 10.4 Å². The van der Waals surface area contributed by atoms with Crippen LogP contribution in [0.15, 0.2) is 60.7 Å². The van der Waals surface area contributed by atoms with Crippen LogP contribution >= 0.6 is 0 Å². The fourth-order valence-corrected chi connectivity index (χ4v) is 2.42. The first-order valence-electron chi connectivity index (χ1n) is 6.82. The van der Waals surface area contributed by atoms with E-state index in [9.17, 15) is 4.39 Å². The normalized spacial score (nSPS) is 12.5. The monoisotopic (exact) mass is 281 g/mol. The van der Waals surface area contributed by atoms with Gasteiger partial charge in [-0.05, 0) is 36.2 Å². The summed E-state index contributed by atoms with van der Waals surface area (Å²) in [5, 5.41) is 1.09. The zero-order chi connectivity index (χ0) is 14.7. The maximum absolute atomic E-state index is 13.3. The average molecular weight is 281 g/mol. The van der Waals surface area contributed by atoms with Crippen molar-refractivity contribution in [2.24, 2.45) is 5.84 Å². The molecule has 0 bridgehead atoms. The molecule has 106 valence electrons. The number of nitrogens with zero attached hydrogens (tertiary/aromatic N) is 1. The molecule has 3 rings (SSSR count). The van der Waals surface area contributed by atoms with E-state index < -0.39 is 0 Å². The van der Waals surface area contributed by atoms with E-state index in [1.807, 2.05) is 42.5 Å². The van der Waals surface area contributed by atoms with Crippen LogP contribution in [0.1, 0.15) is 17.3 Å². The molecule has 3 N–H and O–H groups in total. The van der Waals surface area contributed by atoms with Crippen molar-refractivity contribution in [2.75, 3.05) is 0 Å². The van der Waals surface area contributed by atoms with E-state index in [4.69, 9.17) is 5.84 Å². The van der Waals surface area contributed by atoms with Crippen molar-refractivity contribution in [3.8, 4) is 0 Å². The van der Waals surface area contributed by atoms with E-state index in [0.717, 1.165) is 22.2 Å². The first-order chi connectivity index (χ1) is 10.3. The Hall–Kier alpha value is -2.30. The van der Waals surface area contributed by atoms with Gasteiger partial charge in [0.15, 0.2) is 0 Å². The van der Waals surface area contributed by atoms with Crippen molar-refractivity contribution in [2.45, 2.75) is 12.5 Å². The summed E-state index contributed by atoms with van der Waals surface area (Å²) in [6.45, 7) is 0. The van der Waals surface area contributed by atoms with Crippen LogP contribution in [0.25, 0.3) is 10.9 Å². The van der Waals surface area contributed by atoms with Crippen LogP contribution in [0.4, 0.5) is 4.39 Å². The number of nitrogens with one attached hydrogen (secondary N) is 1. The van der Waals surface area contributed by atoms with Crippen molar-refractivity contribution in [1.82, 2.24) is 10.4 Å². The lowest BCUT2D eigenvalue weighted by Gasteiger charge is -2.16. The standard InChI is InChI=1S/C17H16FN3/c18-14-6-3-4-12(10-14)11-17(21-19)16-9-8-13-5-1-2-7-15(13)20-16/h1-10,17,21H,11,19H2. The number of pyridine rings is 1. The Bertz CT molecular complexity index is 758. The minimum absolute atomic E-state index is 0.156. The summed E-state index contributed by atoms with van der Waals surface area (Å²) in [4.78, 5) is 4.63. The third kappa shape index (κ3) is 3.07. The van der Waals surface area contributed by atoms with Gasteiger partial charge < -0.3 is 0 Å². The van der Waals surface area contributed by atoms with Crippen LogP contribution < -0.4 is 11.3 Å². The van der Waals surface area contributed by atoms with Crippen molar-refractivity contribution in [1.29, 1.82) is 0 Å². The SMILES string of the molecule is NNC(Cc1cccc(F)c1)c1ccc2ccccc2n1. The number of halogens is 1. The van der Waals surface area contributed by atoms with Crippen LogP contribution in [-0.2, 0) is 6.42 Å². The predicted octanol–water partition coefficient (Wildman–Crippen LogP) is 3.12. The second-order valence-corrected chi connectivity index (χ2v) is 4.98. The first-order valence-corrected chi connectivity index (χ1v) is 6.82. The fourth-order valence-electron chi connectivity index (χ4n) is 2.42. The summed E-state index contributed by atoms with van der Waals surface area (Å²) in [6, 6.07) is 18.3. The number of aromatic nitrogens is 1. The minimum atomic E-state index is -0.241. The molecule has 0 aliphatic heterocycles. The Morgan fingerprint density at radius 3 is 2.71 bits per heavy atom.